The molecule has 1 atom stereocenters. The van der Waals surface area contributed by atoms with E-state index in [1.54, 1.807) is 6.07 Å². The third kappa shape index (κ3) is 8.09. The number of likely N-dealkylation sites (tertiary alicyclic amines) is 1. The van der Waals surface area contributed by atoms with E-state index in [1.165, 1.54) is 25.5 Å². The average molecular weight is 568 g/mol. The second kappa shape index (κ2) is 13.2. The summed E-state index contributed by atoms with van der Waals surface area (Å²) in [5, 5.41) is 6.64. The van der Waals surface area contributed by atoms with Crippen LogP contribution >= 0.6 is 24.0 Å². The van der Waals surface area contributed by atoms with Gasteiger partial charge in [-0.2, -0.15) is 8.78 Å². The van der Waals surface area contributed by atoms with Crippen molar-refractivity contribution < 1.29 is 23.0 Å². The zero-order valence-electron chi connectivity index (χ0n) is 19.0. The minimum atomic E-state index is -2.92. The van der Waals surface area contributed by atoms with E-state index < -0.39 is 6.61 Å². The largest absolute Gasteiger partial charge is 0.454 e. The van der Waals surface area contributed by atoms with Crippen molar-refractivity contribution in [3.8, 4) is 17.2 Å². The van der Waals surface area contributed by atoms with Crippen molar-refractivity contribution in [3.63, 3.8) is 0 Å². The Morgan fingerprint density at radius 3 is 2.69 bits per heavy atom. The lowest BCUT2D eigenvalue weighted by Crippen LogP contribution is -2.45. The van der Waals surface area contributed by atoms with E-state index in [9.17, 15) is 8.78 Å². The molecular weight excluding hydrogens is 533 g/mol. The van der Waals surface area contributed by atoms with Crippen LogP contribution in [0, 0.1) is 11.8 Å². The maximum absolute atomic E-state index is 12.9. The van der Waals surface area contributed by atoms with E-state index in [0.717, 1.165) is 19.6 Å². The van der Waals surface area contributed by atoms with E-state index in [-0.39, 0.29) is 43.1 Å². The lowest BCUT2D eigenvalue weighted by molar-refractivity contribution is -0.0505. The molecule has 0 spiro atoms. The number of guanidine groups is 1. The van der Waals surface area contributed by atoms with Gasteiger partial charge in [0.05, 0.1) is 6.54 Å². The smallest absolute Gasteiger partial charge is 0.387 e. The molecule has 32 heavy (non-hydrogen) atoms. The zero-order valence-corrected chi connectivity index (χ0v) is 21.4. The summed E-state index contributed by atoms with van der Waals surface area (Å²) in [5.41, 5.74) is 0.516. The van der Waals surface area contributed by atoms with Gasteiger partial charge >= 0.3 is 6.61 Å². The molecule has 2 N–H and O–H groups in total. The molecule has 0 saturated carbocycles. The minimum Gasteiger partial charge on any atom is -0.454 e. The molecular formula is C22H35F2IN4O3. The summed E-state index contributed by atoms with van der Waals surface area (Å²) in [6, 6.07) is 3.09. The number of piperidine rings is 1. The quantitative estimate of drug-likeness (QED) is 0.266. The summed E-state index contributed by atoms with van der Waals surface area (Å²) >= 11 is 0. The van der Waals surface area contributed by atoms with Gasteiger partial charge in [0.1, 0.15) is 5.75 Å². The number of benzene rings is 1. The Balaban J connectivity index is 0.00000363. The zero-order chi connectivity index (χ0) is 22.2. The summed E-state index contributed by atoms with van der Waals surface area (Å²) in [6.45, 7) is 8.72. The number of halogens is 3. The van der Waals surface area contributed by atoms with Gasteiger partial charge in [-0.3, -0.25) is 0 Å². The number of hydrogen-bond acceptors (Lipinski definition) is 5. The first-order valence-corrected chi connectivity index (χ1v) is 11.1. The van der Waals surface area contributed by atoms with Crippen LogP contribution < -0.4 is 24.8 Å². The van der Waals surface area contributed by atoms with Gasteiger partial charge in [-0.05, 0) is 44.2 Å². The first-order chi connectivity index (χ1) is 14.9. The van der Waals surface area contributed by atoms with Crippen molar-refractivity contribution in [1.82, 2.24) is 15.5 Å². The Labute approximate surface area is 206 Å². The molecule has 0 aliphatic carbocycles. The second-order valence-corrected chi connectivity index (χ2v) is 8.43. The maximum Gasteiger partial charge on any atom is 0.387 e. The third-order valence-electron chi connectivity index (χ3n) is 5.31. The summed E-state index contributed by atoms with van der Waals surface area (Å²) < 4.78 is 41.0. The van der Waals surface area contributed by atoms with E-state index in [2.05, 4.69) is 39.1 Å². The first-order valence-electron chi connectivity index (χ1n) is 11.1. The molecule has 0 bridgehead atoms. The molecule has 0 amide bonds. The second-order valence-electron chi connectivity index (χ2n) is 8.43. The Bertz CT molecular complexity index is 752. The third-order valence-corrected chi connectivity index (χ3v) is 5.31. The Morgan fingerprint density at radius 1 is 1.25 bits per heavy atom. The van der Waals surface area contributed by atoms with Crippen molar-refractivity contribution in [3.05, 3.63) is 17.7 Å². The molecule has 1 unspecified atom stereocenters. The SMILES string of the molecule is CCNC(=NCc1cc2c(cc1OC(F)F)OCO2)NCC1CCCN(CC(C)C)C1.I. The van der Waals surface area contributed by atoms with Crippen molar-refractivity contribution in [1.29, 1.82) is 0 Å². The standard InChI is InChI=1S/C22H34F2N4O3.HI/c1-4-25-22(26-10-16-6-5-7-28(13-16)12-15(2)3)27-11-17-8-19-20(30-14-29-19)9-18(17)31-21(23)24;/h8-9,15-16,21H,4-7,10-14H2,1-3H3,(H2,25,26,27);1H. The fraction of sp³-hybridized carbons (Fsp3) is 0.682. The first kappa shape index (κ1) is 26.7. The van der Waals surface area contributed by atoms with Gasteiger partial charge < -0.3 is 29.7 Å². The molecule has 2 heterocycles. The summed E-state index contributed by atoms with van der Waals surface area (Å²) in [5.74, 6) is 2.84. The molecule has 1 aromatic carbocycles. The van der Waals surface area contributed by atoms with E-state index >= 15 is 0 Å². The number of hydrogen-bond donors (Lipinski definition) is 2. The number of ether oxygens (including phenoxy) is 3. The van der Waals surface area contributed by atoms with Crippen molar-refractivity contribution in [2.24, 2.45) is 16.8 Å². The van der Waals surface area contributed by atoms with Crippen LogP contribution in [0.4, 0.5) is 8.78 Å². The lowest BCUT2D eigenvalue weighted by Gasteiger charge is -2.34. The number of fused-ring (bicyclic) bond motifs is 1. The van der Waals surface area contributed by atoms with Crippen LogP contribution in [-0.2, 0) is 6.54 Å². The predicted octanol–water partition coefficient (Wildman–Crippen LogP) is 4.06. The Hall–Kier alpha value is -1.56. The fourth-order valence-corrected chi connectivity index (χ4v) is 4.04. The van der Waals surface area contributed by atoms with Crippen LogP contribution in [0.5, 0.6) is 17.2 Å². The number of nitrogens with one attached hydrogen (secondary N) is 2. The molecule has 7 nitrogen and oxygen atoms in total. The maximum atomic E-state index is 12.9. The number of rotatable bonds is 9. The fourth-order valence-electron chi connectivity index (χ4n) is 4.04. The van der Waals surface area contributed by atoms with Crippen LogP contribution in [0.1, 0.15) is 39.2 Å². The lowest BCUT2D eigenvalue weighted by atomic mass is 9.97. The topological polar surface area (TPSA) is 67.4 Å². The molecule has 3 rings (SSSR count). The summed E-state index contributed by atoms with van der Waals surface area (Å²) in [6.07, 6.45) is 2.40. The number of alkyl halides is 2. The molecule has 2 aliphatic heterocycles. The summed E-state index contributed by atoms with van der Waals surface area (Å²) in [7, 11) is 0. The predicted molar refractivity (Wildman–Crippen MR) is 131 cm³/mol. The Morgan fingerprint density at radius 2 is 2.00 bits per heavy atom. The van der Waals surface area contributed by atoms with E-state index in [1.807, 2.05) is 6.92 Å². The number of nitrogens with zero attached hydrogens (tertiary/aromatic N) is 2. The molecule has 0 aromatic heterocycles. The van der Waals surface area contributed by atoms with Crippen molar-refractivity contribution in [2.75, 3.05) is 39.5 Å². The normalized spacial score (nSPS) is 18.6. The minimum absolute atomic E-state index is 0. The van der Waals surface area contributed by atoms with Crippen LogP contribution in [0.3, 0.4) is 0 Å². The molecule has 2 aliphatic rings. The molecule has 0 radical (unpaired) electrons. The van der Waals surface area contributed by atoms with Crippen LogP contribution in [0.15, 0.2) is 17.1 Å². The van der Waals surface area contributed by atoms with Gasteiger partial charge in [0.25, 0.3) is 0 Å². The van der Waals surface area contributed by atoms with E-state index in [4.69, 9.17) is 9.47 Å². The highest BCUT2D eigenvalue weighted by molar-refractivity contribution is 14.0. The van der Waals surface area contributed by atoms with Gasteiger partial charge in [-0.25, -0.2) is 4.99 Å². The van der Waals surface area contributed by atoms with Gasteiger partial charge in [-0.1, -0.05) is 13.8 Å². The van der Waals surface area contributed by atoms with Crippen LogP contribution in [-0.4, -0.2) is 57.0 Å². The molecule has 1 fully saturated rings. The van der Waals surface area contributed by atoms with Crippen LogP contribution in [0.25, 0.3) is 0 Å². The molecule has 182 valence electrons. The average Bonchev–Trinajstić information content (AvgIpc) is 3.16. The van der Waals surface area contributed by atoms with Gasteiger partial charge in [0, 0.05) is 37.8 Å². The van der Waals surface area contributed by atoms with Gasteiger partial charge in [-0.15, -0.1) is 24.0 Å². The van der Waals surface area contributed by atoms with E-state index in [0.29, 0.717) is 41.4 Å². The highest BCUT2D eigenvalue weighted by atomic mass is 127. The number of aliphatic imine (C=N–C) groups is 1. The van der Waals surface area contributed by atoms with Crippen LogP contribution in [0.2, 0.25) is 0 Å². The highest BCUT2D eigenvalue weighted by Gasteiger charge is 2.22. The van der Waals surface area contributed by atoms with Gasteiger partial charge in [0.2, 0.25) is 6.79 Å². The molecule has 10 heteroatoms. The van der Waals surface area contributed by atoms with Crippen molar-refractivity contribution >= 4 is 29.9 Å². The molecule has 1 aromatic rings. The highest BCUT2D eigenvalue weighted by Crippen LogP contribution is 2.39. The summed E-state index contributed by atoms with van der Waals surface area (Å²) in [4.78, 5) is 7.12. The van der Waals surface area contributed by atoms with Crippen molar-refractivity contribution in [2.45, 2.75) is 46.8 Å². The van der Waals surface area contributed by atoms with Gasteiger partial charge in [0.15, 0.2) is 17.5 Å². The Kier molecular flexibility index (Phi) is 11.0. The molecule has 1 saturated heterocycles. The monoisotopic (exact) mass is 568 g/mol.